The Balaban J connectivity index is 2.60. The SMILES string of the molecule is CC(C)CCC(O)C(CC1CCCCC1)NC(=O)OC(C)(C)C. The molecule has 2 N–H and O–H groups in total. The molecule has 1 aliphatic rings. The average Bonchev–Trinajstić information content (AvgIpc) is 2.43. The Morgan fingerprint density at radius 2 is 1.78 bits per heavy atom. The fraction of sp³-hybridized carbons (Fsp3) is 0.947. The van der Waals surface area contributed by atoms with Gasteiger partial charge < -0.3 is 15.2 Å². The molecule has 1 amide bonds. The van der Waals surface area contributed by atoms with Gasteiger partial charge in [0, 0.05) is 0 Å². The quantitative estimate of drug-likeness (QED) is 0.715. The van der Waals surface area contributed by atoms with E-state index in [1.807, 2.05) is 20.8 Å². The number of ether oxygens (including phenoxy) is 1. The van der Waals surface area contributed by atoms with Gasteiger partial charge in [-0.05, 0) is 51.9 Å². The summed E-state index contributed by atoms with van der Waals surface area (Å²) in [4.78, 5) is 12.1. The number of rotatable bonds is 7. The monoisotopic (exact) mass is 327 g/mol. The zero-order valence-electron chi connectivity index (χ0n) is 15.7. The number of alkyl carbamates (subject to hydrolysis) is 1. The van der Waals surface area contributed by atoms with E-state index < -0.39 is 17.8 Å². The van der Waals surface area contributed by atoms with Gasteiger partial charge in [0.05, 0.1) is 12.1 Å². The Labute approximate surface area is 142 Å². The van der Waals surface area contributed by atoms with Crippen LogP contribution in [-0.2, 0) is 4.74 Å². The highest BCUT2D eigenvalue weighted by Crippen LogP contribution is 2.29. The number of aliphatic hydroxyl groups excluding tert-OH is 1. The molecular formula is C19H37NO3. The second kappa shape index (κ2) is 9.51. The Kier molecular flexibility index (Phi) is 8.38. The van der Waals surface area contributed by atoms with Gasteiger partial charge in [-0.2, -0.15) is 0 Å². The molecule has 1 saturated carbocycles. The smallest absolute Gasteiger partial charge is 0.407 e. The van der Waals surface area contributed by atoms with E-state index in [1.165, 1.54) is 32.1 Å². The first-order valence-electron chi connectivity index (χ1n) is 9.35. The molecule has 4 nitrogen and oxygen atoms in total. The molecule has 0 aromatic rings. The minimum Gasteiger partial charge on any atom is -0.444 e. The molecule has 4 heteroatoms. The fourth-order valence-electron chi connectivity index (χ4n) is 3.26. The molecule has 0 aromatic carbocycles. The molecule has 0 aromatic heterocycles. The van der Waals surface area contributed by atoms with Crippen molar-refractivity contribution >= 4 is 6.09 Å². The molecule has 136 valence electrons. The summed E-state index contributed by atoms with van der Waals surface area (Å²) in [5.41, 5.74) is -0.512. The molecule has 0 spiro atoms. The standard InChI is InChI=1S/C19H37NO3/c1-14(2)11-12-17(21)16(13-15-9-7-6-8-10-15)20-18(22)23-19(3,4)5/h14-17,21H,6-13H2,1-5H3,(H,20,22). The first-order chi connectivity index (χ1) is 10.7. The maximum absolute atomic E-state index is 12.1. The van der Waals surface area contributed by atoms with Gasteiger partial charge in [0.1, 0.15) is 5.60 Å². The van der Waals surface area contributed by atoms with E-state index in [9.17, 15) is 9.90 Å². The van der Waals surface area contributed by atoms with Gasteiger partial charge in [0.15, 0.2) is 0 Å². The summed E-state index contributed by atoms with van der Waals surface area (Å²) in [6, 6.07) is -0.202. The Hall–Kier alpha value is -0.770. The van der Waals surface area contributed by atoms with Crippen LogP contribution in [0, 0.1) is 11.8 Å². The van der Waals surface area contributed by atoms with Crippen molar-refractivity contribution in [2.24, 2.45) is 11.8 Å². The van der Waals surface area contributed by atoms with E-state index in [4.69, 9.17) is 4.74 Å². The van der Waals surface area contributed by atoms with Crippen LogP contribution in [0.15, 0.2) is 0 Å². The normalized spacial score (nSPS) is 19.4. The minimum atomic E-state index is -0.512. The third-order valence-corrected chi connectivity index (χ3v) is 4.52. The Morgan fingerprint density at radius 3 is 2.30 bits per heavy atom. The van der Waals surface area contributed by atoms with Crippen LogP contribution in [0.1, 0.15) is 86.0 Å². The lowest BCUT2D eigenvalue weighted by molar-refractivity contribution is 0.0373. The van der Waals surface area contributed by atoms with Crippen LogP contribution >= 0.6 is 0 Å². The summed E-state index contributed by atoms with van der Waals surface area (Å²) in [5.74, 6) is 1.17. The second-order valence-electron chi connectivity index (χ2n) is 8.53. The highest BCUT2D eigenvalue weighted by molar-refractivity contribution is 5.68. The lowest BCUT2D eigenvalue weighted by atomic mass is 9.83. The van der Waals surface area contributed by atoms with E-state index >= 15 is 0 Å². The van der Waals surface area contributed by atoms with E-state index in [0.717, 1.165) is 19.3 Å². The lowest BCUT2D eigenvalue weighted by Gasteiger charge is -2.31. The summed E-state index contributed by atoms with van der Waals surface area (Å²) in [6.45, 7) is 9.89. The van der Waals surface area contributed by atoms with E-state index in [2.05, 4.69) is 19.2 Å². The summed E-state index contributed by atoms with van der Waals surface area (Å²) in [6.07, 6.45) is 7.93. The summed E-state index contributed by atoms with van der Waals surface area (Å²) < 4.78 is 5.37. The van der Waals surface area contributed by atoms with E-state index in [-0.39, 0.29) is 6.04 Å². The van der Waals surface area contributed by atoms with Crippen LogP contribution in [0.4, 0.5) is 4.79 Å². The predicted octanol–water partition coefficient (Wildman–Crippen LogP) is 4.65. The molecular weight excluding hydrogens is 290 g/mol. The van der Waals surface area contributed by atoms with Crippen LogP contribution in [0.2, 0.25) is 0 Å². The molecule has 0 bridgehead atoms. The van der Waals surface area contributed by atoms with Gasteiger partial charge >= 0.3 is 6.09 Å². The molecule has 1 fully saturated rings. The molecule has 23 heavy (non-hydrogen) atoms. The van der Waals surface area contributed by atoms with E-state index in [0.29, 0.717) is 11.8 Å². The average molecular weight is 328 g/mol. The third kappa shape index (κ3) is 9.19. The van der Waals surface area contributed by atoms with Gasteiger partial charge in [0.2, 0.25) is 0 Å². The number of amides is 1. The highest BCUT2D eigenvalue weighted by atomic mass is 16.6. The van der Waals surface area contributed by atoms with Gasteiger partial charge in [0.25, 0.3) is 0 Å². The molecule has 0 radical (unpaired) electrons. The molecule has 1 aliphatic carbocycles. The second-order valence-corrected chi connectivity index (χ2v) is 8.53. The first-order valence-corrected chi connectivity index (χ1v) is 9.35. The number of carbonyl (C=O) groups is 1. The fourth-order valence-corrected chi connectivity index (χ4v) is 3.26. The van der Waals surface area contributed by atoms with Crippen LogP contribution in [0.3, 0.4) is 0 Å². The van der Waals surface area contributed by atoms with Crippen molar-refractivity contribution in [2.45, 2.75) is 104 Å². The van der Waals surface area contributed by atoms with Crippen molar-refractivity contribution < 1.29 is 14.6 Å². The highest BCUT2D eigenvalue weighted by Gasteiger charge is 2.28. The third-order valence-electron chi connectivity index (χ3n) is 4.52. The largest absolute Gasteiger partial charge is 0.444 e. The molecule has 1 rings (SSSR count). The van der Waals surface area contributed by atoms with Crippen molar-refractivity contribution in [3.8, 4) is 0 Å². The molecule has 0 saturated heterocycles. The molecule has 2 atom stereocenters. The van der Waals surface area contributed by atoms with Crippen molar-refractivity contribution in [3.63, 3.8) is 0 Å². The summed E-state index contributed by atoms with van der Waals surface area (Å²) in [5, 5.41) is 13.5. The lowest BCUT2D eigenvalue weighted by Crippen LogP contribution is -2.46. The Morgan fingerprint density at radius 1 is 1.17 bits per heavy atom. The number of hydrogen-bond acceptors (Lipinski definition) is 3. The van der Waals surface area contributed by atoms with Crippen LogP contribution in [0.25, 0.3) is 0 Å². The van der Waals surface area contributed by atoms with Gasteiger partial charge in [-0.15, -0.1) is 0 Å². The maximum Gasteiger partial charge on any atom is 0.407 e. The van der Waals surface area contributed by atoms with Crippen LogP contribution in [0.5, 0.6) is 0 Å². The number of carbonyl (C=O) groups excluding carboxylic acids is 1. The maximum atomic E-state index is 12.1. The van der Waals surface area contributed by atoms with Crippen molar-refractivity contribution in [3.05, 3.63) is 0 Å². The molecule has 0 heterocycles. The molecule has 2 unspecified atom stereocenters. The van der Waals surface area contributed by atoms with Crippen LogP contribution < -0.4 is 5.32 Å². The predicted molar refractivity (Wildman–Crippen MR) is 94.4 cm³/mol. The number of nitrogens with one attached hydrogen (secondary N) is 1. The van der Waals surface area contributed by atoms with Gasteiger partial charge in [-0.25, -0.2) is 4.79 Å². The van der Waals surface area contributed by atoms with Gasteiger partial charge in [-0.1, -0.05) is 46.0 Å². The molecule has 0 aliphatic heterocycles. The minimum absolute atomic E-state index is 0.202. The first kappa shape index (κ1) is 20.3. The zero-order chi connectivity index (χ0) is 17.5. The van der Waals surface area contributed by atoms with E-state index in [1.54, 1.807) is 0 Å². The van der Waals surface area contributed by atoms with Crippen molar-refractivity contribution in [1.29, 1.82) is 0 Å². The number of hydrogen-bond donors (Lipinski definition) is 2. The van der Waals surface area contributed by atoms with Crippen LogP contribution in [-0.4, -0.2) is 28.9 Å². The Bertz CT molecular complexity index is 343. The van der Waals surface area contributed by atoms with Crippen molar-refractivity contribution in [1.82, 2.24) is 5.32 Å². The summed E-state index contributed by atoms with van der Waals surface area (Å²) >= 11 is 0. The van der Waals surface area contributed by atoms with Gasteiger partial charge in [-0.3, -0.25) is 0 Å². The number of aliphatic hydroxyl groups is 1. The summed E-state index contributed by atoms with van der Waals surface area (Å²) in [7, 11) is 0. The topological polar surface area (TPSA) is 58.6 Å². The zero-order valence-corrected chi connectivity index (χ0v) is 15.7. The van der Waals surface area contributed by atoms with Crippen molar-refractivity contribution in [2.75, 3.05) is 0 Å².